The second-order valence-electron chi connectivity index (χ2n) is 4.02. The molecule has 0 saturated carbocycles. The fourth-order valence-corrected chi connectivity index (χ4v) is 1.81. The van der Waals surface area contributed by atoms with Crippen LogP contribution in [0, 0.1) is 0 Å². The summed E-state index contributed by atoms with van der Waals surface area (Å²) in [7, 11) is 0. The van der Waals surface area contributed by atoms with Crippen molar-refractivity contribution in [2.45, 2.75) is 76.8 Å². The van der Waals surface area contributed by atoms with Crippen molar-refractivity contribution in [2.24, 2.45) is 0 Å². The topological polar surface area (TPSA) is 0 Å². The van der Waals surface area contributed by atoms with Crippen LogP contribution in [0.1, 0.15) is 65.2 Å². The Labute approximate surface area is 93.2 Å². The van der Waals surface area contributed by atoms with Gasteiger partial charge in [0.05, 0.1) is 5.38 Å². The lowest BCUT2D eigenvalue weighted by atomic mass is 10.0. The van der Waals surface area contributed by atoms with E-state index in [2.05, 4.69) is 13.8 Å². The van der Waals surface area contributed by atoms with Crippen LogP contribution in [0.4, 0.5) is 4.39 Å². The highest BCUT2D eigenvalue weighted by atomic mass is 35.5. The molecule has 0 aliphatic carbocycles. The van der Waals surface area contributed by atoms with Crippen molar-refractivity contribution >= 4 is 11.6 Å². The monoisotopic (exact) mass is 222 g/mol. The maximum absolute atomic E-state index is 13.4. The first-order valence-electron chi connectivity index (χ1n) is 6.00. The smallest absolute Gasteiger partial charge is 0.116 e. The summed E-state index contributed by atoms with van der Waals surface area (Å²) in [6, 6.07) is 0. The molecule has 2 atom stereocenters. The van der Waals surface area contributed by atoms with E-state index in [4.69, 9.17) is 11.6 Å². The Hall–Kier alpha value is 0.220. The number of alkyl halides is 2. The summed E-state index contributed by atoms with van der Waals surface area (Å²) in [6.45, 7) is 4.26. The van der Waals surface area contributed by atoms with E-state index in [0.717, 1.165) is 25.7 Å². The third-order valence-electron chi connectivity index (χ3n) is 2.56. The van der Waals surface area contributed by atoms with Crippen molar-refractivity contribution in [3.05, 3.63) is 0 Å². The number of unbranched alkanes of at least 4 members (excludes halogenated alkanes) is 4. The minimum atomic E-state index is -0.793. The molecule has 2 heteroatoms. The molecule has 0 N–H and O–H groups in total. The van der Waals surface area contributed by atoms with E-state index < -0.39 is 6.17 Å². The molecule has 0 heterocycles. The third kappa shape index (κ3) is 7.61. The Morgan fingerprint density at radius 1 is 0.929 bits per heavy atom. The summed E-state index contributed by atoms with van der Waals surface area (Å²) in [4.78, 5) is 0. The fourth-order valence-electron chi connectivity index (χ4n) is 1.53. The van der Waals surface area contributed by atoms with E-state index in [1.54, 1.807) is 0 Å². The van der Waals surface area contributed by atoms with Gasteiger partial charge in [-0.25, -0.2) is 4.39 Å². The molecule has 0 fully saturated rings. The zero-order valence-electron chi connectivity index (χ0n) is 9.57. The van der Waals surface area contributed by atoms with E-state index in [-0.39, 0.29) is 5.38 Å². The molecule has 0 bridgehead atoms. The molecule has 0 aromatic carbocycles. The van der Waals surface area contributed by atoms with Gasteiger partial charge >= 0.3 is 0 Å². The van der Waals surface area contributed by atoms with E-state index >= 15 is 0 Å². The molecular formula is C12H24ClF. The van der Waals surface area contributed by atoms with Gasteiger partial charge in [-0.2, -0.15) is 0 Å². The van der Waals surface area contributed by atoms with Crippen LogP contribution in [0.15, 0.2) is 0 Å². The number of hydrogen-bond acceptors (Lipinski definition) is 0. The number of hydrogen-bond donors (Lipinski definition) is 0. The Bertz CT molecular complexity index is 117. The Kier molecular flexibility index (Phi) is 9.92. The first-order valence-corrected chi connectivity index (χ1v) is 6.44. The van der Waals surface area contributed by atoms with Crippen LogP contribution in [0.2, 0.25) is 0 Å². The van der Waals surface area contributed by atoms with Gasteiger partial charge in [-0.05, 0) is 12.8 Å². The largest absolute Gasteiger partial charge is 0.246 e. The van der Waals surface area contributed by atoms with Crippen molar-refractivity contribution in [3.63, 3.8) is 0 Å². The van der Waals surface area contributed by atoms with Gasteiger partial charge < -0.3 is 0 Å². The predicted octanol–water partition coefficient (Wildman–Crippen LogP) is 5.09. The lowest BCUT2D eigenvalue weighted by Gasteiger charge is -2.14. The molecule has 0 spiro atoms. The zero-order chi connectivity index (χ0) is 10.8. The summed E-state index contributed by atoms with van der Waals surface area (Å²) in [5.74, 6) is 0. The minimum Gasteiger partial charge on any atom is -0.246 e. The van der Waals surface area contributed by atoms with Crippen LogP contribution in [-0.2, 0) is 0 Å². The third-order valence-corrected chi connectivity index (χ3v) is 3.05. The molecule has 0 radical (unpaired) electrons. The van der Waals surface area contributed by atoms with Crippen LogP contribution in [0.3, 0.4) is 0 Å². The summed E-state index contributed by atoms with van der Waals surface area (Å²) in [5.41, 5.74) is 0. The van der Waals surface area contributed by atoms with Crippen LogP contribution >= 0.6 is 11.6 Å². The van der Waals surface area contributed by atoms with Crippen molar-refractivity contribution < 1.29 is 4.39 Å². The lowest BCUT2D eigenvalue weighted by molar-refractivity contribution is 0.286. The highest BCUT2D eigenvalue weighted by Gasteiger charge is 2.16. The van der Waals surface area contributed by atoms with Crippen molar-refractivity contribution in [2.75, 3.05) is 0 Å². The van der Waals surface area contributed by atoms with E-state index in [1.165, 1.54) is 19.3 Å². The number of rotatable bonds is 9. The van der Waals surface area contributed by atoms with E-state index in [0.29, 0.717) is 6.42 Å². The highest BCUT2D eigenvalue weighted by molar-refractivity contribution is 6.21. The van der Waals surface area contributed by atoms with Crippen LogP contribution < -0.4 is 0 Å². The summed E-state index contributed by atoms with van der Waals surface area (Å²) in [6.07, 6.45) is 7.44. The van der Waals surface area contributed by atoms with Gasteiger partial charge in [0.15, 0.2) is 0 Å². The normalized spacial score (nSPS) is 15.4. The zero-order valence-corrected chi connectivity index (χ0v) is 10.3. The molecule has 86 valence electrons. The Balaban J connectivity index is 3.36. The van der Waals surface area contributed by atoms with Gasteiger partial charge in [-0.3, -0.25) is 0 Å². The van der Waals surface area contributed by atoms with Gasteiger partial charge in [-0.1, -0.05) is 52.4 Å². The molecule has 0 aliphatic rings. The molecule has 0 rings (SSSR count). The summed E-state index contributed by atoms with van der Waals surface area (Å²) >= 11 is 5.97. The van der Waals surface area contributed by atoms with Gasteiger partial charge in [0.25, 0.3) is 0 Å². The highest BCUT2D eigenvalue weighted by Crippen LogP contribution is 2.19. The minimum absolute atomic E-state index is 0.251. The summed E-state index contributed by atoms with van der Waals surface area (Å²) < 4.78 is 13.4. The van der Waals surface area contributed by atoms with Gasteiger partial charge in [-0.15, -0.1) is 11.6 Å². The van der Waals surface area contributed by atoms with Crippen LogP contribution in [0.25, 0.3) is 0 Å². The van der Waals surface area contributed by atoms with E-state index in [9.17, 15) is 4.39 Å². The maximum atomic E-state index is 13.4. The lowest BCUT2D eigenvalue weighted by Crippen LogP contribution is -2.15. The predicted molar refractivity (Wildman–Crippen MR) is 62.8 cm³/mol. The fraction of sp³-hybridized carbons (Fsp3) is 1.00. The van der Waals surface area contributed by atoms with Crippen molar-refractivity contribution in [1.29, 1.82) is 0 Å². The molecule has 0 aliphatic heterocycles. The second kappa shape index (κ2) is 9.76. The van der Waals surface area contributed by atoms with E-state index in [1.807, 2.05) is 0 Å². The van der Waals surface area contributed by atoms with Gasteiger partial charge in [0.2, 0.25) is 0 Å². The SMILES string of the molecule is CCCCCCC(Cl)C(F)CCCC. The molecule has 0 saturated heterocycles. The molecular weight excluding hydrogens is 199 g/mol. The molecule has 2 unspecified atom stereocenters. The van der Waals surface area contributed by atoms with Crippen LogP contribution in [0.5, 0.6) is 0 Å². The maximum Gasteiger partial charge on any atom is 0.116 e. The molecule has 0 aromatic heterocycles. The van der Waals surface area contributed by atoms with Crippen molar-refractivity contribution in [3.8, 4) is 0 Å². The first-order chi connectivity index (χ1) is 6.72. The second-order valence-corrected chi connectivity index (χ2v) is 4.58. The Morgan fingerprint density at radius 3 is 2.14 bits per heavy atom. The first kappa shape index (κ1) is 14.2. The van der Waals surface area contributed by atoms with Crippen LogP contribution in [-0.4, -0.2) is 11.5 Å². The molecule has 0 nitrogen and oxygen atoms in total. The molecule has 0 amide bonds. The average molecular weight is 223 g/mol. The Morgan fingerprint density at radius 2 is 1.57 bits per heavy atom. The number of halogens is 2. The molecule has 0 aromatic rings. The standard InChI is InChI=1S/C12H24ClF/c1-3-5-7-8-9-11(13)12(14)10-6-4-2/h11-12H,3-10H2,1-2H3. The van der Waals surface area contributed by atoms with Gasteiger partial charge in [0, 0.05) is 0 Å². The van der Waals surface area contributed by atoms with Crippen molar-refractivity contribution in [1.82, 2.24) is 0 Å². The summed E-state index contributed by atoms with van der Waals surface area (Å²) in [5, 5.41) is -0.251. The van der Waals surface area contributed by atoms with Gasteiger partial charge in [0.1, 0.15) is 6.17 Å². The average Bonchev–Trinajstić information content (AvgIpc) is 2.20. The quantitative estimate of drug-likeness (QED) is 0.377. The molecule has 14 heavy (non-hydrogen) atoms.